The molecule has 4 rings (SSSR count). The number of carbonyl (C=O) groups is 1. The largest absolute Gasteiger partial charge is 0.471 e. The molecule has 29 heavy (non-hydrogen) atoms. The Kier molecular flexibility index (Phi) is 5.00. The SMILES string of the molecule is Cc1nnn(-c2ccc(F)cc2)c1COc1ccc2c(n1)CN(C(=O)C(C)C)C2. The van der Waals surface area contributed by atoms with Crippen LogP contribution in [0.25, 0.3) is 5.69 Å². The van der Waals surface area contributed by atoms with Gasteiger partial charge in [-0.05, 0) is 42.8 Å². The summed E-state index contributed by atoms with van der Waals surface area (Å²) in [5.41, 5.74) is 4.09. The molecule has 3 aromatic rings. The van der Waals surface area contributed by atoms with E-state index in [4.69, 9.17) is 4.74 Å². The Labute approximate surface area is 168 Å². The zero-order chi connectivity index (χ0) is 20.5. The summed E-state index contributed by atoms with van der Waals surface area (Å²) in [4.78, 5) is 18.6. The lowest BCUT2D eigenvalue weighted by Crippen LogP contribution is -2.29. The number of aromatic nitrogens is 4. The summed E-state index contributed by atoms with van der Waals surface area (Å²) < 4.78 is 20.7. The number of aryl methyl sites for hydroxylation is 1. The maximum atomic E-state index is 13.2. The predicted octanol–water partition coefficient (Wildman–Crippen LogP) is 3.19. The molecule has 0 bridgehead atoms. The molecule has 1 amide bonds. The van der Waals surface area contributed by atoms with E-state index in [0.717, 1.165) is 22.6 Å². The molecule has 0 radical (unpaired) electrons. The molecule has 0 unspecified atom stereocenters. The van der Waals surface area contributed by atoms with Crippen LogP contribution in [0, 0.1) is 18.7 Å². The second-order valence-corrected chi connectivity index (χ2v) is 7.40. The van der Waals surface area contributed by atoms with Crippen LogP contribution in [0.4, 0.5) is 4.39 Å². The van der Waals surface area contributed by atoms with Crippen molar-refractivity contribution in [2.75, 3.05) is 0 Å². The molecule has 0 saturated carbocycles. The van der Waals surface area contributed by atoms with Crippen molar-refractivity contribution in [3.63, 3.8) is 0 Å². The number of amides is 1. The van der Waals surface area contributed by atoms with Crippen LogP contribution in [-0.4, -0.2) is 30.8 Å². The van der Waals surface area contributed by atoms with E-state index in [1.807, 2.05) is 37.8 Å². The number of halogens is 1. The van der Waals surface area contributed by atoms with Crippen LogP contribution in [0.5, 0.6) is 5.88 Å². The van der Waals surface area contributed by atoms with E-state index in [0.29, 0.717) is 24.7 Å². The lowest BCUT2D eigenvalue weighted by Gasteiger charge is -2.17. The second kappa shape index (κ2) is 7.62. The quantitative estimate of drug-likeness (QED) is 0.663. The minimum atomic E-state index is -0.310. The third-order valence-corrected chi connectivity index (χ3v) is 4.94. The third kappa shape index (κ3) is 3.83. The van der Waals surface area contributed by atoms with Gasteiger partial charge in [-0.2, -0.15) is 0 Å². The van der Waals surface area contributed by atoms with Gasteiger partial charge in [0.05, 0.1) is 23.6 Å². The van der Waals surface area contributed by atoms with Crippen molar-refractivity contribution in [2.24, 2.45) is 5.92 Å². The summed E-state index contributed by atoms with van der Waals surface area (Å²) in [5.74, 6) is 0.252. The zero-order valence-corrected chi connectivity index (χ0v) is 16.6. The van der Waals surface area contributed by atoms with Gasteiger partial charge in [-0.3, -0.25) is 4.79 Å². The molecule has 8 heteroatoms. The summed E-state index contributed by atoms with van der Waals surface area (Å²) >= 11 is 0. The number of hydrogen-bond donors (Lipinski definition) is 0. The van der Waals surface area contributed by atoms with Crippen LogP contribution < -0.4 is 4.74 Å². The second-order valence-electron chi connectivity index (χ2n) is 7.40. The van der Waals surface area contributed by atoms with Gasteiger partial charge >= 0.3 is 0 Å². The number of hydrogen-bond acceptors (Lipinski definition) is 5. The van der Waals surface area contributed by atoms with Gasteiger partial charge in [-0.1, -0.05) is 19.1 Å². The van der Waals surface area contributed by atoms with E-state index in [9.17, 15) is 9.18 Å². The van der Waals surface area contributed by atoms with E-state index in [-0.39, 0.29) is 24.2 Å². The Morgan fingerprint density at radius 1 is 1.17 bits per heavy atom. The molecular weight excluding hydrogens is 373 g/mol. The van der Waals surface area contributed by atoms with Gasteiger partial charge in [0, 0.05) is 18.5 Å². The minimum absolute atomic E-state index is 0.0396. The Hall–Kier alpha value is -3.29. The first-order valence-electron chi connectivity index (χ1n) is 9.50. The monoisotopic (exact) mass is 395 g/mol. The lowest BCUT2D eigenvalue weighted by molar-refractivity contribution is -0.135. The summed E-state index contributed by atoms with van der Waals surface area (Å²) in [6.45, 7) is 6.94. The number of nitrogens with zero attached hydrogens (tertiary/aromatic N) is 5. The number of ether oxygens (including phenoxy) is 1. The molecule has 0 saturated heterocycles. The molecule has 150 valence electrons. The fourth-order valence-corrected chi connectivity index (χ4v) is 3.31. The van der Waals surface area contributed by atoms with Crippen molar-refractivity contribution >= 4 is 5.91 Å². The first-order valence-corrected chi connectivity index (χ1v) is 9.50. The maximum Gasteiger partial charge on any atom is 0.225 e. The fourth-order valence-electron chi connectivity index (χ4n) is 3.31. The van der Waals surface area contributed by atoms with Crippen LogP contribution in [-0.2, 0) is 24.5 Å². The lowest BCUT2D eigenvalue weighted by atomic mass is 10.2. The number of benzene rings is 1. The normalized spacial score (nSPS) is 13.1. The topological polar surface area (TPSA) is 73.1 Å². The van der Waals surface area contributed by atoms with Gasteiger partial charge < -0.3 is 9.64 Å². The summed E-state index contributed by atoms with van der Waals surface area (Å²) in [5, 5.41) is 8.24. The Balaban J connectivity index is 1.49. The van der Waals surface area contributed by atoms with Crippen LogP contribution in [0.2, 0.25) is 0 Å². The summed E-state index contributed by atoms with van der Waals surface area (Å²) in [6.07, 6.45) is 0. The van der Waals surface area contributed by atoms with Gasteiger partial charge in [0.1, 0.15) is 18.1 Å². The highest BCUT2D eigenvalue weighted by Crippen LogP contribution is 2.25. The van der Waals surface area contributed by atoms with Crippen molar-refractivity contribution in [3.8, 4) is 11.6 Å². The number of fused-ring (bicyclic) bond motifs is 1. The number of carbonyl (C=O) groups excluding carboxylic acids is 1. The van der Waals surface area contributed by atoms with Crippen LogP contribution in [0.3, 0.4) is 0 Å². The van der Waals surface area contributed by atoms with Crippen molar-refractivity contribution in [1.82, 2.24) is 24.9 Å². The average molecular weight is 395 g/mol. The van der Waals surface area contributed by atoms with Gasteiger partial charge in [0.25, 0.3) is 0 Å². The molecule has 0 N–H and O–H groups in total. The molecule has 3 heterocycles. The van der Waals surface area contributed by atoms with Crippen molar-refractivity contribution in [1.29, 1.82) is 0 Å². The van der Waals surface area contributed by atoms with Gasteiger partial charge in [0.15, 0.2) is 0 Å². The molecule has 0 aliphatic carbocycles. The summed E-state index contributed by atoms with van der Waals surface area (Å²) in [7, 11) is 0. The Bertz CT molecular complexity index is 1050. The molecule has 1 aromatic carbocycles. The zero-order valence-electron chi connectivity index (χ0n) is 16.6. The minimum Gasteiger partial charge on any atom is -0.471 e. The van der Waals surface area contributed by atoms with Crippen LogP contribution in [0.1, 0.15) is 36.5 Å². The van der Waals surface area contributed by atoms with E-state index < -0.39 is 0 Å². The first kappa shape index (κ1) is 19.0. The number of pyridine rings is 1. The smallest absolute Gasteiger partial charge is 0.225 e. The highest BCUT2D eigenvalue weighted by Gasteiger charge is 2.26. The van der Waals surface area contributed by atoms with E-state index in [1.165, 1.54) is 12.1 Å². The fraction of sp³-hybridized carbons (Fsp3) is 0.333. The maximum absolute atomic E-state index is 13.2. The third-order valence-electron chi connectivity index (χ3n) is 4.94. The van der Waals surface area contributed by atoms with Gasteiger partial charge in [-0.15, -0.1) is 5.10 Å². The standard InChI is InChI=1S/C21H22FN5O2/c1-13(2)21(28)26-10-15-4-9-20(23-18(15)11-26)29-12-19-14(3)24-25-27(19)17-7-5-16(22)6-8-17/h4-9,13H,10-12H2,1-3H3. The highest BCUT2D eigenvalue weighted by molar-refractivity contribution is 5.78. The van der Waals surface area contributed by atoms with Crippen molar-refractivity contribution in [2.45, 2.75) is 40.5 Å². The highest BCUT2D eigenvalue weighted by atomic mass is 19.1. The van der Waals surface area contributed by atoms with Crippen LogP contribution >= 0.6 is 0 Å². The Morgan fingerprint density at radius 3 is 2.66 bits per heavy atom. The van der Waals surface area contributed by atoms with Crippen molar-refractivity contribution in [3.05, 3.63) is 64.9 Å². The molecule has 0 atom stereocenters. The van der Waals surface area contributed by atoms with Crippen molar-refractivity contribution < 1.29 is 13.9 Å². The predicted molar refractivity (Wildman–Crippen MR) is 104 cm³/mol. The molecule has 2 aromatic heterocycles. The number of rotatable bonds is 5. The molecule has 7 nitrogen and oxygen atoms in total. The molecule has 1 aliphatic rings. The first-order chi connectivity index (χ1) is 13.9. The molecule has 0 fully saturated rings. The summed E-state index contributed by atoms with van der Waals surface area (Å²) in [6, 6.07) is 9.80. The van der Waals surface area contributed by atoms with Crippen LogP contribution in [0.15, 0.2) is 36.4 Å². The van der Waals surface area contributed by atoms with E-state index in [2.05, 4.69) is 15.3 Å². The molecular formula is C21H22FN5O2. The molecule has 1 aliphatic heterocycles. The van der Waals surface area contributed by atoms with Gasteiger partial charge in [-0.25, -0.2) is 14.1 Å². The average Bonchev–Trinajstić information content (AvgIpc) is 3.29. The Morgan fingerprint density at radius 2 is 1.93 bits per heavy atom. The van der Waals surface area contributed by atoms with E-state index >= 15 is 0 Å². The van der Waals surface area contributed by atoms with E-state index in [1.54, 1.807) is 16.8 Å². The molecule has 0 spiro atoms. The van der Waals surface area contributed by atoms with Gasteiger partial charge in [0.2, 0.25) is 11.8 Å².